The van der Waals surface area contributed by atoms with Crippen LogP contribution in [0.3, 0.4) is 0 Å². The highest BCUT2D eigenvalue weighted by Gasteiger charge is 2.33. The molecule has 0 aliphatic carbocycles. The van der Waals surface area contributed by atoms with Gasteiger partial charge in [0, 0.05) is 19.5 Å². The molecule has 1 aliphatic heterocycles. The van der Waals surface area contributed by atoms with Gasteiger partial charge in [-0.1, -0.05) is 0 Å². The number of hydrogen-bond acceptors (Lipinski definition) is 4. The SMILES string of the molecule is CC1(C)CN(S(=O)(=O)CCCC(=O)O)CCO1. The van der Waals surface area contributed by atoms with Crippen LogP contribution in [0.5, 0.6) is 0 Å². The monoisotopic (exact) mass is 265 g/mol. The Kier molecular flexibility index (Phi) is 4.51. The van der Waals surface area contributed by atoms with Crippen molar-refractivity contribution < 1.29 is 23.1 Å². The Morgan fingerprint density at radius 3 is 2.65 bits per heavy atom. The molecule has 1 rings (SSSR count). The fourth-order valence-corrected chi connectivity index (χ4v) is 3.37. The van der Waals surface area contributed by atoms with Crippen molar-refractivity contribution in [2.75, 3.05) is 25.4 Å². The van der Waals surface area contributed by atoms with Gasteiger partial charge in [0.25, 0.3) is 0 Å². The van der Waals surface area contributed by atoms with E-state index in [4.69, 9.17) is 9.84 Å². The van der Waals surface area contributed by atoms with Crippen molar-refractivity contribution in [1.82, 2.24) is 4.31 Å². The normalized spacial score (nSPS) is 21.3. The smallest absolute Gasteiger partial charge is 0.303 e. The number of carbonyl (C=O) groups is 1. The number of carboxylic acid groups (broad SMARTS) is 1. The number of ether oxygens (including phenoxy) is 1. The van der Waals surface area contributed by atoms with Crippen LogP contribution < -0.4 is 0 Å². The highest BCUT2D eigenvalue weighted by atomic mass is 32.2. The fourth-order valence-electron chi connectivity index (χ4n) is 1.75. The number of sulfonamides is 1. The number of aliphatic carboxylic acids is 1. The van der Waals surface area contributed by atoms with Crippen LogP contribution in [-0.4, -0.2) is 54.8 Å². The van der Waals surface area contributed by atoms with Crippen molar-refractivity contribution in [3.8, 4) is 0 Å². The van der Waals surface area contributed by atoms with E-state index in [2.05, 4.69) is 0 Å². The maximum absolute atomic E-state index is 11.9. The van der Waals surface area contributed by atoms with E-state index in [9.17, 15) is 13.2 Å². The number of morpholine rings is 1. The summed E-state index contributed by atoms with van der Waals surface area (Å²) in [6, 6.07) is 0. The van der Waals surface area contributed by atoms with Crippen LogP contribution in [0.2, 0.25) is 0 Å². The molecule has 0 bridgehead atoms. The molecule has 0 amide bonds. The van der Waals surface area contributed by atoms with Gasteiger partial charge in [-0.3, -0.25) is 4.79 Å². The fraction of sp³-hybridized carbons (Fsp3) is 0.900. The van der Waals surface area contributed by atoms with Gasteiger partial charge in [0.2, 0.25) is 10.0 Å². The molecule has 1 heterocycles. The van der Waals surface area contributed by atoms with Gasteiger partial charge >= 0.3 is 5.97 Å². The van der Waals surface area contributed by atoms with Crippen LogP contribution in [0.4, 0.5) is 0 Å². The number of carboxylic acids is 1. The molecule has 17 heavy (non-hydrogen) atoms. The predicted molar refractivity (Wildman–Crippen MR) is 62.3 cm³/mol. The average Bonchev–Trinajstić information content (AvgIpc) is 2.15. The minimum Gasteiger partial charge on any atom is -0.481 e. The quantitative estimate of drug-likeness (QED) is 0.772. The minimum atomic E-state index is -3.36. The molecule has 0 atom stereocenters. The van der Waals surface area contributed by atoms with Crippen LogP contribution in [0.25, 0.3) is 0 Å². The standard InChI is InChI=1S/C10H19NO5S/c1-10(2)8-11(5-6-16-10)17(14,15)7-3-4-9(12)13/h3-8H2,1-2H3,(H,12,13). The molecule has 0 aromatic carbocycles. The zero-order valence-electron chi connectivity index (χ0n) is 10.2. The number of nitrogens with zero attached hydrogens (tertiary/aromatic N) is 1. The van der Waals surface area contributed by atoms with E-state index in [1.165, 1.54) is 4.31 Å². The Morgan fingerprint density at radius 1 is 1.47 bits per heavy atom. The van der Waals surface area contributed by atoms with E-state index >= 15 is 0 Å². The molecule has 7 heteroatoms. The summed E-state index contributed by atoms with van der Waals surface area (Å²) in [5.41, 5.74) is -0.474. The molecule has 1 N–H and O–H groups in total. The summed E-state index contributed by atoms with van der Waals surface area (Å²) in [6.45, 7) is 4.73. The predicted octanol–water partition coefficient (Wildman–Crippen LogP) is 0.292. The third kappa shape index (κ3) is 4.61. The first-order valence-electron chi connectivity index (χ1n) is 5.56. The number of hydrogen-bond donors (Lipinski definition) is 1. The van der Waals surface area contributed by atoms with Gasteiger partial charge in [-0.15, -0.1) is 0 Å². The summed E-state index contributed by atoms with van der Waals surface area (Å²) in [7, 11) is -3.36. The summed E-state index contributed by atoms with van der Waals surface area (Å²) in [6.07, 6.45) is 0.0302. The Balaban J connectivity index is 2.55. The first-order valence-corrected chi connectivity index (χ1v) is 7.17. The molecule has 0 radical (unpaired) electrons. The second-order valence-corrected chi connectivity index (χ2v) is 6.84. The molecule has 0 aromatic heterocycles. The van der Waals surface area contributed by atoms with E-state index in [1.54, 1.807) is 0 Å². The molecule has 0 saturated carbocycles. The van der Waals surface area contributed by atoms with Crippen LogP contribution in [-0.2, 0) is 19.6 Å². The minimum absolute atomic E-state index is 0.116. The molecule has 1 aliphatic rings. The summed E-state index contributed by atoms with van der Waals surface area (Å²) in [5.74, 6) is -1.09. The Bertz CT molecular complexity index is 376. The van der Waals surface area contributed by atoms with Gasteiger partial charge in [-0.25, -0.2) is 8.42 Å². The molecule has 1 saturated heterocycles. The third-order valence-corrected chi connectivity index (χ3v) is 4.48. The van der Waals surface area contributed by atoms with Gasteiger partial charge in [0.05, 0.1) is 18.0 Å². The van der Waals surface area contributed by atoms with Crippen LogP contribution in [0.15, 0.2) is 0 Å². The van der Waals surface area contributed by atoms with Crippen molar-refractivity contribution in [3.63, 3.8) is 0 Å². The lowest BCUT2D eigenvalue weighted by molar-refractivity contribution is -0.137. The van der Waals surface area contributed by atoms with Crippen LogP contribution in [0, 0.1) is 0 Å². The average molecular weight is 265 g/mol. The molecular formula is C10H19NO5S. The molecule has 1 fully saturated rings. The maximum Gasteiger partial charge on any atom is 0.303 e. The largest absolute Gasteiger partial charge is 0.481 e. The second kappa shape index (κ2) is 5.32. The molecule has 0 aromatic rings. The third-order valence-electron chi connectivity index (χ3n) is 2.58. The molecular weight excluding hydrogens is 246 g/mol. The summed E-state index contributed by atoms with van der Waals surface area (Å²) in [4.78, 5) is 10.3. The van der Waals surface area contributed by atoms with Gasteiger partial charge in [-0.2, -0.15) is 4.31 Å². The lowest BCUT2D eigenvalue weighted by Gasteiger charge is -2.37. The zero-order valence-corrected chi connectivity index (χ0v) is 11.0. The van der Waals surface area contributed by atoms with E-state index < -0.39 is 21.6 Å². The van der Waals surface area contributed by atoms with E-state index in [0.29, 0.717) is 19.7 Å². The summed E-state index contributed by atoms with van der Waals surface area (Å²) >= 11 is 0. The first-order chi connectivity index (χ1) is 7.73. The van der Waals surface area contributed by atoms with Gasteiger partial charge in [-0.05, 0) is 20.3 Å². The highest BCUT2D eigenvalue weighted by Crippen LogP contribution is 2.19. The lowest BCUT2D eigenvalue weighted by atomic mass is 10.1. The van der Waals surface area contributed by atoms with E-state index in [0.717, 1.165) is 0 Å². The van der Waals surface area contributed by atoms with Crippen molar-refractivity contribution in [3.05, 3.63) is 0 Å². The Morgan fingerprint density at radius 2 is 2.12 bits per heavy atom. The van der Waals surface area contributed by atoms with Crippen molar-refractivity contribution >= 4 is 16.0 Å². The molecule has 0 spiro atoms. The lowest BCUT2D eigenvalue weighted by Crippen LogP contribution is -2.51. The maximum atomic E-state index is 11.9. The number of rotatable bonds is 5. The van der Waals surface area contributed by atoms with Crippen molar-refractivity contribution in [2.24, 2.45) is 0 Å². The van der Waals surface area contributed by atoms with E-state index in [1.807, 2.05) is 13.8 Å². The molecule has 100 valence electrons. The zero-order chi connectivity index (χ0) is 13.1. The Hall–Kier alpha value is -0.660. The van der Waals surface area contributed by atoms with Crippen molar-refractivity contribution in [1.29, 1.82) is 0 Å². The first kappa shape index (κ1) is 14.4. The summed E-state index contributed by atoms with van der Waals surface area (Å²) in [5, 5.41) is 8.48. The van der Waals surface area contributed by atoms with Crippen LogP contribution >= 0.6 is 0 Å². The van der Waals surface area contributed by atoms with E-state index in [-0.39, 0.29) is 18.6 Å². The van der Waals surface area contributed by atoms with Crippen molar-refractivity contribution in [2.45, 2.75) is 32.3 Å². The van der Waals surface area contributed by atoms with Crippen LogP contribution in [0.1, 0.15) is 26.7 Å². The van der Waals surface area contributed by atoms with Gasteiger partial charge in [0.1, 0.15) is 0 Å². The Labute approximate surface area is 102 Å². The highest BCUT2D eigenvalue weighted by molar-refractivity contribution is 7.89. The molecule has 0 unspecified atom stereocenters. The summed E-state index contributed by atoms with van der Waals surface area (Å²) < 4.78 is 30.7. The topological polar surface area (TPSA) is 83.9 Å². The molecule has 6 nitrogen and oxygen atoms in total. The second-order valence-electron chi connectivity index (χ2n) is 4.76. The van der Waals surface area contributed by atoms with Gasteiger partial charge < -0.3 is 9.84 Å². The van der Waals surface area contributed by atoms with Gasteiger partial charge in [0.15, 0.2) is 0 Å².